The summed E-state index contributed by atoms with van der Waals surface area (Å²) in [6.45, 7) is 7.66. The lowest BCUT2D eigenvalue weighted by Gasteiger charge is -2.38. The Hall–Kier alpha value is -0.610. The Bertz CT molecular complexity index is 264. The maximum atomic E-state index is 12.1. The van der Waals surface area contributed by atoms with Gasteiger partial charge in [-0.25, -0.2) is 0 Å². The highest BCUT2D eigenvalue weighted by atomic mass is 16.5. The molecule has 98 valence electrons. The number of carbonyl (C=O) groups excluding carboxylic acids is 1. The molecule has 1 aliphatic heterocycles. The van der Waals surface area contributed by atoms with Gasteiger partial charge in [-0.1, -0.05) is 0 Å². The predicted molar refractivity (Wildman–Crippen MR) is 66.8 cm³/mol. The maximum Gasteiger partial charge on any atom is 0.223 e. The molecule has 2 rings (SSSR count). The maximum absolute atomic E-state index is 12.1. The van der Waals surface area contributed by atoms with Gasteiger partial charge in [0.2, 0.25) is 5.91 Å². The van der Waals surface area contributed by atoms with Gasteiger partial charge >= 0.3 is 0 Å². The number of carbonyl (C=O) groups is 1. The minimum atomic E-state index is 0.332. The second kappa shape index (κ2) is 5.83. The number of nitrogens with zero attached hydrogens (tertiary/aromatic N) is 1. The first kappa shape index (κ1) is 12.8. The van der Waals surface area contributed by atoms with Gasteiger partial charge in [0, 0.05) is 38.7 Å². The van der Waals surface area contributed by atoms with E-state index in [0.29, 0.717) is 30.4 Å². The molecule has 4 nitrogen and oxygen atoms in total. The third kappa shape index (κ3) is 3.19. The smallest absolute Gasteiger partial charge is 0.223 e. The molecule has 0 unspecified atom stereocenters. The van der Waals surface area contributed by atoms with Crippen LogP contribution in [0.15, 0.2) is 0 Å². The number of hydrogen-bond donors (Lipinski definition) is 1. The molecule has 1 heterocycles. The molecule has 0 bridgehead atoms. The second-order valence-electron chi connectivity index (χ2n) is 5.26. The van der Waals surface area contributed by atoms with Gasteiger partial charge in [-0.2, -0.15) is 0 Å². The normalized spacial score (nSPS) is 33.3. The van der Waals surface area contributed by atoms with Crippen molar-refractivity contribution in [1.29, 1.82) is 0 Å². The molecule has 1 amide bonds. The molecule has 17 heavy (non-hydrogen) atoms. The van der Waals surface area contributed by atoms with Gasteiger partial charge < -0.3 is 15.0 Å². The minimum absolute atomic E-state index is 0.332. The number of amides is 1. The summed E-state index contributed by atoms with van der Waals surface area (Å²) in [4.78, 5) is 14.2. The SMILES string of the molecule is CCOC1CC(CC(=O)N2CCNC[C@@H]2C)C1. The molecular formula is C13H24N2O2. The molecule has 1 atom stereocenters. The summed E-state index contributed by atoms with van der Waals surface area (Å²) in [7, 11) is 0. The van der Waals surface area contributed by atoms with Gasteiger partial charge in [-0.05, 0) is 32.6 Å². The van der Waals surface area contributed by atoms with Gasteiger partial charge in [0.15, 0.2) is 0 Å². The van der Waals surface area contributed by atoms with Crippen molar-refractivity contribution < 1.29 is 9.53 Å². The van der Waals surface area contributed by atoms with Crippen LogP contribution in [-0.2, 0) is 9.53 Å². The summed E-state index contributed by atoms with van der Waals surface area (Å²) in [6.07, 6.45) is 3.27. The van der Waals surface area contributed by atoms with Crippen LogP contribution in [0.4, 0.5) is 0 Å². The first-order valence-electron chi connectivity index (χ1n) is 6.82. The van der Waals surface area contributed by atoms with Crippen molar-refractivity contribution in [3.63, 3.8) is 0 Å². The predicted octanol–water partition coefficient (Wildman–Crippen LogP) is 1.01. The van der Waals surface area contributed by atoms with E-state index in [1.54, 1.807) is 0 Å². The zero-order valence-electron chi connectivity index (χ0n) is 10.9. The monoisotopic (exact) mass is 240 g/mol. The molecule has 1 aliphatic carbocycles. The van der Waals surface area contributed by atoms with E-state index in [1.807, 2.05) is 11.8 Å². The van der Waals surface area contributed by atoms with E-state index in [2.05, 4.69) is 12.2 Å². The molecule has 2 fully saturated rings. The number of nitrogens with one attached hydrogen (secondary N) is 1. The van der Waals surface area contributed by atoms with Crippen LogP contribution in [0.5, 0.6) is 0 Å². The molecule has 4 heteroatoms. The fourth-order valence-corrected chi connectivity index (χ4v) is 2.79. The molecule has 0 aromatic rings. The van der Waals surface area contributed by atoms with Crippen LogP contribution in [0.3, 0.4) is 0 Å². The van der Waals surface area contributed by atoms with E-state index < -0.39 is 0 Å². The summed E-state index contributed by atoms with van der Waals surface area (Å²) < 4.78 is 5.52. The summed E-state index contributed by atoms with van der Waals surface area (Å²) in [6, 6.07) is 0.346. The Morgan fingerprint density at radius 1 is 1.47 bits per heavy atom. The zero-order valence-corrected chi connectivity index (χ0v) is 10.9. The van der Waals surface area contributed by atoms with Crippen molar-refractivity contribution in [3.8, 4) is 0 Å². The zero-order chi connectivity index (χ0) is 12.3. The van der Waals surface area contributed by atoms with E-state index >= 15 is 0 Å². The minimum Gasteiger partial charge on any atom is -0.378 e. The first-order valence-corrected chi connectivity index (χ1v) is 6.82. The highest BCUT2D eigenvalue weighted by Gasteiger charge is 2.33. The Morgan fingerprint density at radius 2 is 2.24 bits per heavy atom. The Kier molecular flexibility index (Phi) is 4.40. The molecule has 2 aliphatic rings. The summed E-state index contributed by atoms with van der Waals surface area (Å²) in [5, 5.41) is 3.31. The molecule has 0 radical (unpaired) electrons. The number of ether oxygens (including phenoxy) is 1. The van der Waals surface area contributed by atoms with Crippen LogP contribution in [0, 0.1) is 5.92 Å². The van der Waals surface area contributed by atoms with Gasteiger partial charge in [-0.15, -0.1) is 0 Å². The topological polar surface area (TPSA) is 41.6 Å². The third-order valence-corrected chi connectivity index (χ3v) is 3.88. The average Bonchev–Trinajstić information content (AvgIpc) is 2.26. The van der Waals surface area contributed by atoms with Gasteiger partial charge in [0.1, 0.15) is 0 Å². The third-order valence-electron chi connectivity index (χ3n) is 3.88. The fourth-order valence-electron chi connectivity index (χ4n) is 2.79. The standard InChI is InChI=1S/C13H24N2O2/c1-3-17-12-6-11(7-12)8-13(16)15-5-4-14-9-10(15)2/h10-12,14H,3-9H2,1-2H3/t10-,11?,12?/m0/s1. The van der Waals surface area contributed by atoms with Crippen molar-refractivity contribution in [2.45, 2.75) is 45.3 Å². The Morgan fingerprint density at radius 3 is 2.88 bits per heavy atom. The molecule has 0 aromatic carbocycles. The summed E-state index contributed by atoms with van der Waals surface area (Å²) in [5.74, 6) is 0.889. The summed E-state index contributed by atoms with van der Waals surface area (Å²) in [5.41, 5.74) is 0. The summed E-state index contributed by atoms with van der Waals surface area (Å²) >= 11 is 0. The van der Waals surface area contributed by atoms with Crippen LogP contribution in [-0.4, -0.2) is 49.2 Å². The van der Waals surface area contributed by atoms with Crippen LogP contribution >= 0.6 is 0 Å². The lowest BCUT2D eigenvalue weighted by molar-refractivity contribution is -0.137. The van der Waals surface area contributed by atoms with Crippen LogP contribution in [0.25, 0.3) is 0 Å². The van der Waals surface area contributed by atoms with Crippen LogP contribution < -0.4 is 5.32 Å². The second-order valence-corrected chi connectivity index (χ2v) is 5.26. The Labute approximate surface area is 104 Å². The molecule has 1 saturated heterocycles. The number of piperazine rings is 1. The lowest BCUT2D eigenvalue weighted by Crippen LogP contribution is -2.53. The highest BCUT2D eigenvalue weighted by molar-refractivity contribution is 5.77. The molecule has 0 aromatic heterocycles. The van der Waals surface area contributed by atoms with Crippen LogP contribution in [0.2, 0.25) is 0 Å². The number of rotatable bonds is 4. The van der Waals surface area contributed by atoms with E-state index in [9.17, 15) is 4.79 Å². The van der Waals surface area contributed by atoms with E-state index in [4.69, 9.17) is 4.74 Å². The fraction of sp³-hybridized carbons (Fsp3) is 0.923. The van der Waals surface area contributed by atoms with Gasteiger partial charge in [0.05, 0.1) is 6.10 Å². The van der Waals surface area contributed by atoms with Gasteiger partial charge in [0.25, 0.3) is 0 Å². The Balaban J connectivity index is 1.71. The number of hydrogen-bond acceptors (Lipinski definition) is 3. The average molecular weight is 240 g/mol. The molecule has 1 saturated carbocycles. The van der Waals surface area contributed by atoms with Crippen molar-refractivity contribution in [2.24, 2.45) is 5.92 Å². The molecule has 0 spiro atoms. The van der Waals surface area contributed by atoms with Crippen molar-refractivity contribution in [3.05, 3.63) is 0 Å². The molecule has 1 N–H and O–H groups in total. The van der Waals surface area contributed by atoms with E-state index in [1.165, 1.54) is 0 Å². The van der Waals surface area contributed by atoms with Gasteiger partial charge in [-0.3, -0.25) is 4.79 Å². The van der Waals surface area contributed by atoms with E-state index in [-0.39, 0.29) is 0 Å². The van der Waals surface area contributed by atoms with E-state index in [0.717, 1.165) is 39.1 Å². The molecular weight excluding hydrogens is 216 g/mol. The lowest BCUT2D eigenvalue weighted by atomic mass is 9.79. The van der Waals surface area contributed by atoms with Crippen LogP contribution in [0.1, 0.15) is 33.1 Å². The quantitative estimate of drug-likeness (QED) is 0.797. The largest absolute Gasteiger partial charge is 0.378 e. The van der Waals surface area contributed by atoms with Crippen molar-refractivity contribution in [1.82, 2.24) is 10.2 Å². The highest BCUT2D eigenvalue weighted by Crippen LogP contribution is 2.33. The van der Waals surface area contributed by atoms with Crippen molar-refractivity contribution >= 4 is 5.91 Å². The van der Waals surface area contributed by atoms with Crippen molar-refractivity contribution in [2.75, 3.05) is 26.2 Å². The first-order chi connectivity index (χ1) is 8.20.